The molecule has 0 aliphatic carbocycles. The second kappa shape index (κ2) is 9.46. The Bertz CT molecular complexity index is 1290. The fraction of sp³-hybridized carbons (Fsp3) is 0.208. The van der Waals surface area contributed by atoms with Gasteiger partial charge >= 0.3 is 0 Å². The number of nitriles is 1. The van der Waals surface area contributed by atoms with Crippen LogP contribution in [0.25, 0.3) is 11.3 Å². The minimum atomic E-state index is -0.716. The lowest BCUT2D eigenvalue weighted by Crippen LogP contribution is -2.23. The molecule has 0 bridgehead atoms. The number of fused-ring (bicyclic) bond motifs is 1. The van der Waals surface area contributed by atoms with Crippen molar-refractivity contribution in [1.82, 2.24) is 10.2 Å². The topological polar surface area (TPSA) is 158 Å². The van der Waals surface area contributed by atoms with Crippen LogP contribution in [0.2, 0.25) is 0 Å². The van der Waals surface area contributed by atoms with E-state index >= 15 is 0 Å². The zero-order valence-electron chi connectivity index (χ0n) is 18.6. The van der Waals surface area contributed by atoms with Crippen molar-refractivity contribution >= 4 is 5.91 Å². The molecule has 10 heteroatoms. The minimum Gasteiger partial charge on any atom is -0.494 e. The van der Waals surface area contributed by atoms with Crippen molar-refractivity contribution in [2.45, 2.75) is 12.8 Å². The number of hydrogen-bond donors (Lipinski definition) is 3. The second-order valence-electron chi connectivity index (χ2n) is 7.33. The van der Waals surface area contributed by atoms with E-state index in [4.69, 9.17) is 30.4 Å². The van der Waals surface area contributed by atoms with E-state index in [1.54, 1.807) is 18.2 Å². The lowest BCUT2D eigenvalue weighted by Gasteiger charge is -2.26. The number of carbonyl (C=O) groups excluding carboxylic acids is 1. The quantitative estimate of drug-likeness (QED) is 0.462. The molecular weight excluding hydrogens is 438 g/mol. The van der Waals surface area contributed by atoms with Gasteiger partial charge in [0.15, 0.2) is 18.1 Å². The lowest BCUT2D eigenvalue weighted by molar-refractivity contribution is -0.119. The van der Waals surface area contributed by atoms with E-state index in [9.17, 15) is 10.1 Å². The number of primary amides is 1. The summed E-state index contributed by atoms with van der Waals surface area (Å²) in [6.45, 7) is 2.09. The van der Waals surface area contributed by atoms with Crippen molar-refractivity contribution < 1.29 is 23.7 Å². The molecule has 1 aromatic heterocycles. The SMILES string of the molecule is CCOc1ccc(-c2[nH]nc3c2[C@@H](c2cccc(OC)c2OCC(N)=O)C(C#N)=C(N)O3)cc1. The minimum absolute atomic E-state index is 0.0755. The standard InChI is InChI=1S/C24H23N5O5/c1-3-32-14-9-7-13(8-10-14)21-20-19(16(11-25)23(27)34-24(20)29-28-21)15-5-4-6-17(31-2)22(15)33-12-18(26)30/h4-10,19H,3,12,27H2,1-2H3,(H2,26,30)(H,28,29)/t19-/m0/s1. The first kappa shape index (κ1) is 22.5. The molecule has 10 nitrogen and oxygen atoms in total. The molecular formula is C24H23N5O5. The van der Waals surface area contributed by atoms with Gasteiger partial charge in [0.25, 0.3) is 5.91 Å². The molecule has 0 spiro atoms. The molecule has 2 heterocycles. The predicted octanol–water partition coefficient (Wildman–Crippen LogP) is 2.57. The van der Waals surface area contributed by atoms with Gasteiger partial charge in [-0.15, -0.1) is 5.10 Å². The van der Waals surface area contributed by atoms with E-state index in [0.717, 1.165) is 11.3 Å². The molecule has 0 radical (unpaired) electrons. The van der Waals surface area contributed by atoms with E-state index in [2.05, 4.69) is 16.3 Å². The van der Waals surface area contributed by atoms with Crippen LogP contribution in [0.4, 0.5) is 0 Å². The first-order chi connectivity index (χ1) is 16.5. The summed E-state index contributed by atoms with van der Waals surface area (Å²) < 4.78 is 22.4. The summed E-state index contributed by atoms with van der Waals surface area (Å²) in [6, 6.07) is 14.8. The van der Waals surface area contributed by atoms with Gasteiger partial charge in [-0.1, -0.05) is 12.1 Å². The number of nitrogens with zero attached hydrogens (tertiary/aromatic N) is 2. The van der Waals surface area contributed by atoms with Crippen molar-refractivity contribution in [3.05, 3.63) is 65.0 Å². The second-order valence-corrected chi connectivity index (χ2v) is 7.33. The average Bonchev–Trinajstić information content (AvgIpc) is 3.25. The van der Waals surface area contributed by atoms with Crippen molar-refractivity contribution in [1.29, 1.82) is 5.26 Å². The van der Waals surface area contributed by atoms with E-state index in [-0.39, 0.29) is 29.7 Å². The number of aromatic nitrogens is 2. The number of benzene rings is 2. The molecule has 0 unspecified atom stereocenters. The summed E-state index contributed by atoms with van der Waals surface area (Å²) in [5.41, 5.74) is 14.1. The van der Waals surface area contributed by atoms with Crippen molar-refractivity contribution in [2.75, 3.05) is 20.3 Å². The number of para-hydroxylation sites is 1. The van der Waals surface area contributed by atoms with Crippen LogP contribution in [0.1, 0.15) is 24.0 Å². The number of hydrogen-bond acceptors (Lipinski definition) is 8. The number of nitrogens with one attached hydrogen (secondary N) is 1. The Morgan fingerprint density at radius 3 is 2.65 bits per heavy atom. The van der Waals surface area contributed by atoms with Crippen LogP contribution < -0.4 is 30.4 Å². The zero-order chi connectivity index (χ0) is 24.2. The van der Waals surface area contributed by atoms with Gasteiger partial charge in [-0.2, -0.15) is 5.26 Å². The van der Waals surface area contributed by atoms with Crippen LogP contribution in [-0.2, 0) is 4.79 Å². The van der Waals surface area contributed by atoms with Gasteiger partial charge in [0.05, 0.1) is 30.9 Å². The third kappa shape index (κ3) is 4.06. The average molecular weight is 461 g/mol. The first-order valence-electron chi connectivity index (χ1n) is 10.5. The van der Waals surface area contributed by atoms with Gasteiger partial charge in [-0.05, 0) is 37.3 Å². The first-order valence-corrected chi connectivity index (χ1v) is 10.5. The Labute approximate surface area is 195 Å². The van der Waals surface area contributed by atoms with Gasteiger partial charge in [0.1, 0.15) is 17.4 Å². The smallest absolute Gasteiger partial charge is 0.255 e. The Morgan fingerprint density at radius 1 is 1.24 bits per heavy atom. The number of aromatic amines is 1. The molecule has 2 aromatic carbocycles. The highest BCUT2D eigenvalue weighted by Crippen LogP contribution is 2.49. The predicted molar refractivity (Wildman–Crippen MR) is 122 cm³/mol. The summed E-state index contributed by atoms with van der Waals surface area (Å²) in [5, 5.41) is 17.3. The van der Waals surface area contributed by atoms with Crippen LogP contribution in [0.3, 0.4) is 0 Å². The molecule has 0 saturated heterocycles. The molecule has 34 heavy (non-hydrogen) atoms. The number of nitrogens with two attached hydrogens (primary N) is 2. The number of ether oxygens (including phenoxy) is 4. The molecule has 5 N–H and O–H groups in total. The highest BCUT2D eigenvalue weighted by molar-refractivity contribution is 5.76. The maximum absolute atomic E-state index is 11.4. The molecule has 1 amide bonds. The van der Waals surface area contributed by atoms with Gasteiger partial charge in [0, 0.05) is 11.1 Å². The Morgan fingerprint density at radius 2 is 2.00 bits per heavy atom. The van der Waals surface area contributed by atoms with E-state index in [0.29, 0.717) is 29.2 Å². The monoisotopic (exact) mass is 461 g/mol. The van der Waals surface area contributed by atoms with Crippen molar-refractivity contribution in [3.63, 3.8) is 0 Å². The Balaban J connectivity index is 1.90. The Hall–Kier alpha value is -4.65. The van der Waals surface area contributed by atoms with Gasteiger partial charge in [-0.3, -0.25) is 9.89 Å². The van der Waals surface area contributed by atoms with Crippen LogP contribution in [0.15, 0.2) is 53.9 Å². The number of rotatable bonds is 8. The molecule has 174 valence electrons. The van der Waals surface area contributed by atoms with Gasteiger partial charge < -0.3 is 30.4 Å². The fourth-order valence-corrected chi connectivity index (χ4v) is 3.88. The molecule has 0 saturated carbocycles. The van der Waals surface area contributed by atoms with E-state index in [1.807, 2.05) is 31.2 Å². The summed E-state index contributed by atoms with van der Waals surface area (Å²) in [7, 11) is 1.48. The van der Waals surface area contributed by atoms with Crippen LogP contribution >= 0.6 is 0 Å². The zero-order valence-corrected chi connectivity index (χ0v) is 18.6. The third-order valence-electron chi connectivity index (χ3n) is 5.29. The molecule has 4 rings (SSSR count). The van der Waals surface area contributed by atoms with Crippen molar-refractivity contribution in [2.24, 2.45) is 11.5 Å². The third-order valence-corrected chi connectivity index (χ3v) is 5.29. The number of amides is 1. The van der Waals surface area contributed by atoms with Gasteiger partial charge in [-0.25, -0.2) is 0 Å². The number of allylic oxidation sites excluding steroid dienone is 1. The molecule has 0 fully saturated rings. The Kier molecular flexibility index (Phi) is 6.27. The summed E-state index contributed by atoms with van der Waals surface area (Å²) in [4.78, 5) is 11.4. The highest BCUT2D eigenvalue weighted by atomic mass is 16.5. The van der Waals surface area contributed by atoms with E-state index in [1.165, 1.54) is 7.11 Å². The maximum Gasteiger partial charge on any atom is 0.255 e. The number of methoxy groups -OCH3 is 1. The summed E-state index contributed by atoms with van der Waals surface area (Å²) in [6.07, 6.45) is 0. The normalized spacial score (nSPS) is 14.6. The van der Waals surface area contributed by atoms with Crippen LogP contribution in [-0.4, -0.2) is 36.4 Å². The van der Waals surface area contributed by atoms with Crippen molar-refractivity contribution in [3.8, 4) is 40.5 Å². The highest BCUT2D eigenvalue weighted by Gasteiger charge is 2.38. The molecule has 1 atom stereocenters. The maximum atomic E-state index is 11.4. The number of H-pyrrole nitrogens is 1. The largest absolute Gasteiger partial charge is 0.494 e. The lowest BCUT2D eigenvalue weighted by atomic mass is 9.82. The fourth-order valence-electron chi connectivity index (χ4n) is 3.88. The summed E-state index contributed by atoms with van der Waals surface area (Å²) >= 11 is 0. The van der Waals surface area contributed by atoms with E-state index < -0.39 is 11.8 Å². The van der Waals surface area contributed by atoms with Crippen LogP contribution in [0, 0.1) is 11.3 Å². The van der Waals surface area contributed by atoms with Crippen LogP contribution in [0.5, 0.6) is 23.1 Å². The number of carbonyl (C=O) groups is 1. The molecule has 3 aromatic rings. The molecule has 1 aliphatic heterocycles. The molecule has 1 aliphatic rings. The van der Waals surface area contributed by atoms with Gasteiger partial charge in [0.2, 0.25) is 11.8 Å². The summed E-state index contributed by atoms with van der Waals surface area (Å²) in [5.74, 6) is 0.145.